The molecule has 0 aliphatic carbocycles. The van der Waals surface area contributed by atoms with E-state index in [-0.39, 0.29) is 12.4 Å². The quantitative estimate of drug-likeness (QED) is 0.733. The van der Waals surface area contributed by atoms with E-state index in [4.69, 9.17) is 5.11 Å². The molecule has 4 heteroatoms. The van der Waals surface area contributed by atoms with Gasteiger partial charge in [-0.15, -0.1) is 0 Å². The second kappa shape index (κ2) is 7.76. The normalized spacial score (nSPS) is 12.1. The number of hydrogen-bond donors (Lipinski definition) is 3. The Hall–Kier alpha value is -1.91. The molecule has 0 saturated heterocycles. The lowest BCUT2D eigenvalue weighted by Gasteiger charge is -2.10. The minimum absolute atomic E-state index is 0.209. The molecule has 21 heavy (non-hydrogen) atoms. The van der Waals surface area contributed by atoms with Gasteiger partial charge in [-0.05, 0) is 48.2 Å². The number of nitrogens with one attached hydrogen (secondary N) is 1. The number of rotatable bonds is 7. The SMILES string of the molecule is OCC(O)CNc1ccc(CCc2ccc(F)cc2)cc1. The molecule has 2 aromatic carbocycles. The van der Waals surface area contributed by atoms with Crippen molar-refractivity contribution in [3.05, 3.63) is 65.5 Å². The summed E-state index contributed by atoms with van der Waals surface area (Å²) in [5.74, 6) is -0.209. The Morgan fingerprint density at radius 3 is 1.95 bits per heavy atom. The molecule has 0 saturated carbocycles. The topological polar surface area (TPSA) is 52.5 Å². The van der Waals surface area contributed by atoms with Crippen LogP contribution in [-0.4, -0.2) is 29.5 Å². The van der Waals surface area contributed by atoms with Crippen LogP contribution in [0.3, 0.4) is 0 Å². The number of hydrogen-bond acceptors (Lipinski definition) is 3. The number of aryl methyl sites for hydroxylation is 2. The lowest BCUT2D eigenvalue weighted by Crippen LogP contribution is -2.22. The van der Waals surface area contributed by atoms with Gasteiger partial charge in [0.05, 0.1) is 12.7 Å². The molecule has 0 radical (unpaired) electrons. The van der Waals surface area contributed by atoms with Crippen molar-refractivity contribution in [1.29, 1.82) is 0 Å². The molecule has 0 bridgehead atoms. The summed E-state index contributed by atoms with van der Waals surface area (Å²) in [5.41, 5.74) is 3.23. The van der Waals surface area contributed by atoms with Crippen LogP contribution in [-0.2, 0) is 12.8 Å². The molecular formula is C17H20FNO2. The third kappa shape index (κ3) is 5.17. The number of aliphatic hydroxyl groups excluding tert-OH is 2. The first-order chi connectivity index (χ1) is 10.2. The van der Waals surface area contributed by atoms with Gasteiger partial charge in [0.1, 0.15) is 5.82 Å². The first kappa shape index (κ1) is 15.5. The van der Waals surface area contributed by atoms with Crippen LogP contribution < -0.4 is 5.32 Å². The van der Waals surface area contributed by atoms with Crippen molar-refractivity contribution in [3.63, 3.8) is 0 Å². The van der Waals surface area contributed by atoms with Gasteiger partial charge in [-0.25, -0.2) is 4.39 Å². The Balaban J connectivity index is 1.83. The predicted octanol–water partition coefficient (Wildman–Crippen LogP) is 2.38. The summed E-state index contributed by atoms with van der Waals surface area (Å²) in [6, 6.07) is 14.5. The third-order valence-electron chi connectivity index (χ3n) is 3.32. The van der Waals surface area contributed by atoms with Crippen LogP contribution in [0.4, 0.5) is 10.1 Å². The van der Waals surface area contributed by atoms with Crippen LogP contribution in [0.5, 0.6) is 0 Å². The lowest BCUT2D eigenvalue weighted by molar-refractivity contribution is 0.105. The average molecular weight is 289 g/mol. The van der Waals surface area contributed by atoms with E-state index >= 15 is 0 Å². The van der Waals surface area contributed by atoms with Crippen molar-refractivity contribution in [3.8, 4) is 0 Å². The Morgan fingerprint density at radius 1 is 0.905 bits per heavy atom. The van der Waals surface area contributed by atoms with E-state index in [9.17, 15) is 9.50 Å². The summed E-state index contributed by atoms with van der Waals surface area (Å²) in [6.07, 6.45) is 1.02. The van der Waals surface area contributed by atoms with Crippen LogP contribution in [0.1, 0.15) is 11.1 Å². The van der Waals surface area contributed by atoms with Crippen molar-refractivity contribution in [2.24, 2.45) is 0 Å². The number of halogens is 1. The molecule has 1 unspecified atom stereocenters. The fourth-order valence-electron chi connectivity index (χ4n) is 2.03. The highest BCUT2D eigenvalue weighted by Crippen LogP contribution is 2.12. The molecule has 3 N–H and O–H groups in total. The average Bonchev–Trinajstić information content (AvgIpc) is 2.53. The Bertz CT molecular complexity index is 540. The molecule has 0 aromatic heterocycles. The van der Waals surface area contributed by atoms with E-state index in [1.54, 1.807) is 0 Å². The largest absolute Gasteiger partial charge is 0.394 e. The monoisotopic (exact) mass is 289 g/mol. The van der Waals surface area contributed by atoms with E-state index in [2.05, 4.69) is 5.32 Å². The molecule has 2 aromatic rings. The smallest absolute Gasteiger partial charge is 0.123 e. The molecule has 0 fully saturated rings. The maximum absolute atomic E-state index is 12.8. The first-order valence-electron chi connectivity index (χ1n) is 7.03. The summed E-state index contributed by atoms with van der Waals surface area (Å²) in [7, 11) is 0. The van der Waals surface area contributed by atoms with E-state index in [1.165, 1.54) is 17.7 Å². The maximum atomic E-state index is 12.8. The number of anilines is 1. The van der Waals surface area contributed by atoms with Crippen molar-refractivity contribution < 1.29 is 14.6 Å². The van der Waals surface area contributed by atoms with Gasteiger partial charge in [0.15, 0.2) is 0 Å². The molecule has 2 rings (SSSR count). The van der Waals surface area contributed by atoms with Crippen LogP contribution in [0.15, 0.2) is 48.5 Å². The van der Waals surface area contributed by atoms with Gasteiger partial charge in [0.25, 0.3) is 0 Å². The van der Waals surface area contributed by atoms with Crippen molar-refractivity contribution in [2.45, 2.75) is 18.9 Å². The van der Waals surface area contributed by atoms with Gasteiger partial charge in [-0.1, -0.05) is 24.3 Å². The minimum atomic E-state index is -0.747. The molecule has 0 aliphatic rings. The molecule has 0 amide bonds. The van der Waals surface area contributed by atoms with Crippen LogP contribution >= 0.6 is 0 Å². The highest BCUT2D eigenvalue weighted by atomic mass is 19.1. The zero-order valence-corrected chi connectivity index (χ0v) is 11.8. The summed E-state index contributed by atoms with van der Waals surface area (Å²) in [4.78, 5) is 0. The van der Waals surface area contributed by atoms with Crippen LogP contribution in [0, 0.1) is 5.82 Å². The summed E-state index contributed by atoms with van der Waals surface area (Å²) < 4.78 is 12.8. The zero-order valence-electron chi connectivity index (χ0n) is 11.8. The molecular weight excluding hydrogens is 269 g/mol. The van der Waals surface area contributed by atoms with E-state index in [0.29, 0.717) is 6.54 Å². The number of aliphatic hydroxyl groups is 2. The molecule has 0 heterocycles. The highest BCUT2D eigenvalue weighted by Gasteiger charge is 2.01. The van der Waals surface area contributed by atoms with Crippen molar-refractivity contribution in [2.75, 3.05) is 18.5 Å². The van der Waals surface area contributed by atoms with Crippen molar-refractivity contribution in [1.82, 2.24) is 0 Å². The summed E-state index contributed by atoms with van der Waals surface area (Å²) in [5, 5.41) is 21.1. The van der Waals surface area contributed by atoms with E-state index in [0.717, 1.165) is 24.1 Å². The zero-order chi connectivity index (χ0) is 15.1. The Morgan fingerprint density at radius 2 is 1.43 bits per heavy atom. The molecule has 112 valence electrons. The Kier molecular flexibility index (Phi) is 5.72. The van der Waals surface area contributed by atoms with Gasteiger partial charge in [0, 0.05) is 12.2 Å². The predicted molar refractivity (Wildman–Crippen MR) is 81.8 cm³/mol. The Labute approximate surface area is 124 Å². The van der Waals surface area contributed by atoms with Gasteiger partial charge < -0.3 is 15.5 Å². The maximum Gasteiger partial charge on any atom is 0.123 e. The van der Waals surface area contributed by atoms with Gasteiger partial charge in [-0.2, -0.15) is 0 Å². The van der Waals surface area contributed by atoms with Gasteiger partial charge in [-0.3, -0.25) is 0 Å². The second-order valence-corrected chi connectivity index (χ2v) is 5.04. The third-order valence-corrected chi connectivity index (χ3v) is 3.32. The lowest BCUT2D eigenvalue weighted by atomic mass is 10.0. The van der Waals surface area contributed by atoms with E-state index < -0.39 is 6.10 Å². The summed E-state index contributed by atoms with van der Waals surface area (Å²) in [6.45, 7) is 0.0776. The molecule has 1 atom stereocenters. The molecule has 0 aliphatic heterocycles. The first-order valence-corrected chi connectivity index (χ1v) is 7.03. The highest BCUT2D eigenvalue weighted by molar-refractivity contribution is 5.44. The van der Waals surface area contributed by atoms with E-state index in [1.807, 2.05) is 36.4 Å². The van der Waals surface area contributed by atoms with Gasteiger partial charge >= 0.3 is 0 Å². The molecule has 0 spiro atoms. The van der Waals surface area contributed by atoms with Crippen LogP contribution in [0.2, 0.25) is 0 Å². The minimum Gasteiger partial charge on any atom is -0.394 e. The fraction of sp³-hybridized carbons (Fsp3) is 0.294. The second-order valence-electron chi connectivity index (χ2n) is 5.04. The molecule has 3 nitrogen and oxygen atoms in total. The number of benzene rings is 2. The standard InChI is InChI=1S/C17H20FNO2/c18-15-7-3-13(4-8-15)1-2-14-5-9-16(10-6-14)19-11-17(21)12-20/h3-10,17,19-21H,1-2,11-12H2. The fourth-order valence-corrected chi connectivity index (χ4v) is 2.03. The van der Waals surface area contributed by atoms with Crippen molar-refractivity contribution >= 4 is 5.69 Å². The van der Waals surface area contributed by atoms with Gasteiger partial charge in [0.2, 0.25) is 0 Å². The summed E-state index contributed by atoms with van der Waals surface area (Å²) >= 11 is 0. The van der Waals surface area contributed by atoms with Crippen LogP contribution in [0.25, 0.3) is 0 Å².